The fraction of sp³-hybridized carbons (Fsp3) is 0.867. The lowest BCUT2D eigenvalue weighted by molar-refractivity contribution is -0.146. The molecule has 0 spiro atoms. The van der Waals surface area contributed by atoms with Gasteiger partial charge in [0.25, 0.3) is 0 Å². The number of hydrogen-bond donors (Lipinski definition) is 2. The maximum absolute atomic E-state index is 12.0. The lowest BCUT2D eigenvalue weighted by atomic mass is 9.90. The summed E-state index contributed by atoms with van der Waals surface area (Å²) >= 11 is 0. The van der Waals surface area contributed by atoms with Gasteiger partial charge in [0.05, 0.1) is 13.2 Å². The van der Waals surface area contributed by atoms with Gasteiger partial charge in [-0.05, 0) is 18.8 Å². The number of Topliss-reactive ketones (excluding diaryl/α,β-unsaturated/α-hetero) is 1. The molecule has 1 aliphatic rings. The van der Waals surface area contributed by atoms with Crippen molar-refractivity contribution in [2.24, 2.45) is 17.4 Å². The average Bonchev–Trinajstić information content (AvgIpc) is 2.82. The minimum absolute atomic E-state index is 0.0530. The molecule has 1 saturated heterocycles. The summed E-state index contributed by atoms with van der Waals surface area (Å²) in [4.78, 5) is 23.4. The first kappa shape index (κ1) is 18.1. The number of ketones is 1. The van der Waals surface area contributed by atoms with Crippen LogP contribution in [0.4, 0.5) is 0 Å². The third-order valence-electron chi connectivity index (χ3n) is 4.22. The predicted molar refractivity (Wildman–Crippen MR) is 79.6 cm³/mol. The summed E-state index contributed by atoms with van der Waals surface area (Å²) in [5.74, 6) is -0.387. The quantitative estimate of drug-likeness (QED) is 0.350. The van der Waals surface area contributed by atoms with E-state index in [1.54, 1.807) is 0 Å². The van der Waals surface area contributed by atoms with Crippen molar-refractivity contribution in [3.63, 3.8) is 0 Å². The topological polar surface area (TPSA) is 105 Å². The van der Waals surface area contributed by atoms with Crippen molar-refractivity contribution < 1.29 is 19.1 Å². The monoisotopic (exact) mass is 300 g/mol. The second kappa shape index (κ2) is 8.46. The van der Waals surface area contributed by atoms with Gasteiger partial charge in [0.1, 0.15) is 0 Å². The molecule has 1 aliphatic heterocycles. The third-order valence-corrected chi connectivity index (χ3v) is 4.22. The highest BCUT2D eigenvalue weighted by Crippen LogP contribution is 2.20. The highest BCUT2D eigenvalue weighted by atomic mass is 16.5. The van der Waals surface area contributed by atoms with Crippen LogP contribution < -0.4 is 11.5 Å². The second-order valence-electron chi connectivity index (χ2n) is 5.86. The molecular weight excluding hydrogens is 272 g/mol. The number of unbranched alkanes of at least 4 members (excludes halogenated alkanes) is 1. The van der Waals surface area contributed by atoms with E-state index in [9.17, 15) is 9.59 Å². The van der Waals surface area contributed by atoms with Crippen LogP contribution in [0.1, 0.15) is 46.0 Å². The molecule has 0 aliphatic carbocycles. The zero-order valence-electron chi connectivity index (χ0n) is 13.1. The van der Waals surface area contributed by atoms with Crippen molar-refractivity contribution in [1.29, 1.82) is 0 Å². The Morgan fingerprint density at radius 2 is 2.19 bits per heavy atom. The van der Waals surface area contributed by atoms with Crippen molar-refractivity contribution in [1.82, 2.24) is 0 Å². The normalized spacial score (nSPS) is 24.7. The average molecular weight is 300 g/mol. The van der Waals surface area contributed by atoms with Crippen molar-refractivity contribution in [2.75, 3.05) is 19.8 Å². The zero-order valence-corrected chi connectivity index (χ0v) is 13.1. The van der Waals surface area contributed by atoms with E-state index in [0.717, 1.165) is 12.8 Å². The highest BCUT2D eigenvalue weighted by molar-refractivity contribution is 6.09. The van der Waals surface area contributed by atoms with Gasteiger partial charge in [0, 0.05) is 25.5 Å². The number of carbonyl (C=O) groups excluding carboxylic acids is 2. The molecular formula is C15H28N2O4. The van der Waals surface area contributed by atoms with E-state index in [4.69, 9.17) is 20.9 Å². The number of ether oxygens (including phenoxy) is 2. The minimum Gasteiger partial charge on any atom is -0.464 e. The van der Waals surface area contributed by atoms with Gasteiger partial charge in [-0.1, -0.05) is 20.3 Å². The van der Waals surface area contributed by atoms with Crippen LogP contribution >= 0.6 is 0 Å². The van der Waals surface area contributed by atoms with Gasteiger partial charge in [-0.2, -0.15) is 0 Å². The van der Waals surface area contributed by atoms with Crippen molar-refractivity contribution in [2.45, 2.75) is 57.5 Å². The van der Waals surface area contributed by atoms with Crippen LogP contribution in [0.15, 0.2) is 0 Å². The molecule has 0 bridgehead atoms. The molecule has 0 amide bonds. The van der Waals surface area contributed by atoms with Crippen molar-refractivity contribution in [3.05, 3.63) is 0 Å². The van der Waals surface area contributed by atoms with Gasteiger partial charge in [0.15, 0.2) is 11.3 Å². The van der Waals surface area contributed by atoms with E-state index in [2.05, 4.69) is 13.8 Å². The Hall–Kier alpha value is -0.980. The lowest BCUT2D eigenvalue weighted by Crippen LogP contribution is -2.51. The summed E-state index contributed by atoms with van der Waals surface area (Å²) in [5.41, 5.74) is 10.3. The van der Waals surface area contributed by atoms with E-state index in [-0.39, 0.29) is 31.3 Å². The van der Waals surface area contributed by atoms with E-state index >= 15 is 0 Å². The molecule has 1 fully saturated rings. The molecule has 6 heteroatoms. The minimum atomic E-state index is -1.42. The molecule has 0 saturated carbocycles. The lowest BCUT2D eigenvalue weighted by Gasteiger charge is -2.18. The molecule has 0 aromatic heterocycles. The van der Waals surface area contributed by atoms with Gasteiger partial charge in [-0.15, -0.1) is 0 Å². The Balaban J connectivity index is 2.12. The molecule has 0 radical (unpaired) electrons. The summed E-state index contributed by atoms with van der Waals surface area (Å²) < 4.78 is 10.3. The second-order valence-corrected chi connectivity index (χ2v) is 5.86. The Kier molecular flexibility index (Phi) is 7.28. The number of nitrogens with two attached hydrogens (primary N) is 2. The van der Waals surface area contributed by atoms with Gasteiger partial charge < -0.3 is 20.9 Å². The maximum Gasteiger partial charge on any atom is 0.334 e. The van der Waals surface area contributed by atoms with Crippen LogP contribution in [-0.4, -0.2) is 43.2 Å². The first-order valence-electron chi connectivity index (χ1n) is 7.74. The Bertz CT molecular complexity index is 362. The molecule has 0 aromatic carbocycles. The Morgan fingerprint density at radius 3 is 2.76 bits per heavy atom. The number of esters is 1. The van der Waals surface area contributed by atoms with Crippen molar-refractivity contribution >= 4 is 11.8 Å². The van der Waals surface area contributed by atoms with Gasteiger partial charge >= 0.3 is 5.97 Å². The predicted octanol–water partition coefficient (Wildman–Crippen LogP) is 0.760. The number of rotatable bonds is 10. The smallest absolute Gasteiger partial charge is 0.334 e. The summed E-state index contributed by atoms with van der Waals surface area (Å²) in [6.07, 6.45) is 3.01. The molecule has 0 aromatic rings. The van der Waals surface area contributed by atoms with E-state index in [1.807, 2.05) is 0 Å². The fourth-order valence-electron chi connectivity index (χ4n) is 2.19. The molecule has 1 unspecified atom stereocenters. The van der Waals surface area contributed by atoms with Crippen LogP contribution in [0, 0.1) is 5.92 Å². The van der Waals surface area contributed by atoms with Gasteiger partial charge in [0.2, 0.25) is 0 Å². The standard InChI is InChI=1S/C15H28N2O4/c1-3-11(2)12(16)10-20-8-5-4-6-13(18)15(17)7-9-21-14(15)19/h11-12H,3-10,16-17H2,1-2H3/t11-,12?,15-/m0/s1. The fourth-order valence-corrected chi connectivity index (χ4v) is 2.19. The summed E-state index contributed by atoms with van der Waals surface area (Å²) in [6.45, 7) is 5.55. The highest BCUT2D eigenvalue weighted by Gasteiger charge is 2.46. The first-order valence-corrected chi connectivity index (χ1v) is 7.74. The molecule has 4 N–H and O–H groups in total. The summed E-state index contributed by atoms with van der Waals surface area (Å²) in [7, 11) is 0. The largest absolute Gasteiger partial charge is 0.464 e. The van der Waals surface area contributed by atoms with E-state index in [1.165, 1.54) is 0 Å². The van der Waals surface area contributed by atoms with Crippen LogP contribution in [0.25, 0.3) is 0 Å². The van der Waals surface area contributed by atoms with Crippen molar-refractivity contribution in [3.8, 4) is 0 Å². The number of cyclic esters (lactones) is 1. The zero-order chi connectivity index (χ0) is 15.9. The van der Waals surface area contributed by atoms with Gasteiger partial charge in [-0.25, -0.2) is 4.79 Å². The Labute approximate surface area is 126 Å². The first-order chi connectivity index (χ1) is 9.91. The maximum atomic E-state index is 12.0. The van der Waals surface area contributed by atoms with E-state index < -0.39 is 11.5 Å². The Morgan fingerprint density at radius 1 is 1.48 bits per heavy atom. The molecule has 3 atom stereocenters. The summed E-state index contributed by atoms with van der Waals surface area (Å²) in [6, 6.07) is 0.0530. The molecule has 1 heterocycles. The molecule has 122 valence electrons. The van der Waals surface area contributed by atoms with Crippen LogP contribution in [0.3, 0.4) is 0 Å². The third kappa shape index (κ3) is 5.05. The van der Waals surface area contributed by atoms with Crippen LogP contribution in [-0.2, 0) is 19.1 Å². The number of carbonyl (C=O) groups is 2. The number of hydrogen-bond acceptors (Lipinski definition) is 6. The SMILES string of the molecule is CC[C@H](C)C(N)COCCCCC(=O)[C@@]1(N)CCOC1=O. The van der Waals surface area contributed by atoms with Gasteiger partial charge in [-0.3, -0.25) is 4.79 Å². The molecule has 6 nitrogen and oxygen atoms in total. The summed E-state index contributed by atoms with van der Waals surface area (Å²) in [5, 5.41) is 0. The van der Waals surface area contributed by atoms with E-state index in [0.29, 0.717) is 25.6 Å². The van der Waals surface area contributed by atoms with Crippen LogP contribution in [0.2, 0.25) is 0 Å². The molecule has 21 heavy (non-hydrogen) atoms. The molecule has 1 rings (SSSR count). The van der Waals surface area contributed by atoms with Crippen LogP contribution in [0.5, 0.6) is 0 Å².